The Hall–Kier alpha value is -1.72. The molecule has 4 nitrogen and oxygen atoms in total. The predicted octanol–water partition coefficient (Wildman–Crippen LogP) is 4.23. The van der Waals surface area contributed by atoms with Crippen molar-refractivity contribution in [3.05, 3.63) is 51.5 Å². The highest BCUT2D eigenvalue weighted by Crippen LogP contribution is 2.30. The summed E-state index contributed by atoms with van der Waals surface area (Å²) in [7, 11) is 0. The monoisotopic (exact) mass is 370 g/mol. The molecule has 0 saturated carbocycles. The molecule has 3 heterocycles. The third-order valence-electron chi connectivity index (χ3n) is 5.29. The fourth-order valence-corrected chi connectivity index (χ4v) is 5.12. The van der Waals surface area contributed by atoms with Gasteiger partial charge in [0, 0.05) is 37.0 Å². The second kappa shape index (κ2) is 8.31. The molecule has 2 aromatic rings. The molecule has 138 valence electrons. The molecule has 5 heteroatoms. The van der Waals surface area contributed by atoms with Gasteiger partial charge in [0.1, 0.15) is 0 Å². The molecule has 0 unspecified atom stereocenters. The summed E-state index contributed by atoms with van der Waals surface area (Å²) in [6.45, 7) is 2.07. The van der Waals surface area contributed by atoms with E-state index in [0.29, 0.717) is 13.1 Å². The average Bonchev–Trinajstić information content (AvgIpc) is 3.27. The minimum Gasteiger partial charge on any atom is -0.376 e. The van der Waals surface area contributed by atoms with Crippen molar-refractivity contribution >= 4 is 17.2 Å². The fourth-order valence-electron chi connectivity index (χ4n) is 3.89. The molecular formula is C21H26N2O2S. The van der Waals surface area contributed by atoms with Crippen LogP contribution in [-0.2, 0) is 24.1 Å². The molecule has 2 aromatic heterocycles. The Labute approximate surface area is 159 Å². The molecule has 0 aromatic carbocycles. The maximum Gasteiger partial charge on any atom is 0.264 e. The molecule has 1 aliphatic heterocycles. The quantitative estimate of drug-likeness (QED) is 0.740. The molecule has 2 aliphatic rings. The van der Waals surface area contributed by atoms with E-state index in [-0.39, 0.29) is 12.0 Å². The number of thiophene rings is 1. The third kappa shape index (κ3) is 4.15. The van der Waals surface area contributed by atoms with Crippen LogP contribution in [0, 0.1) is 0 Å². The molecule has 4 rings (SSSR count). The number of aryl methyl sites for hydroxylation is 2. The van der Waals surface area contributed by atoms with Gasteiger partial charge < -0.3 is 9.64 Å². The lowest BCUT2D eigenvalue weighted by molar-refractivity contribution is 0.0510. The summed E-state index contributed by atoms with van der Waals surface area (Å²) in [4.78, 5) is 21.8. The SMILES string of the molecule is O=C(c1cc2c(s1)CCCCC2)N(Cc1cccnc1)C[C@@H]1CCCO1. The normalized spacial score (nSPS) is 19.8. The molecule has 1 aliphatic carbocycles. The van der Waals surface area contributed by atoms with Crippen LogP contribution < -0.4 is 0 Å². The number of amides is 1. The van der Waals surface area contributed by atoms with Gasteiger partial charge in [0.25, 0.3) is 5.91 Å². The van der Waals surface area contributed by atoms with E-state index in [9.17, 15) is 4.79 Å². The van der Waals surface area contributed by atoms with E-state index in [1.807, 2.05) is 23.2 Å². The zero-order valence-electron chi connectivity index (χ0n) is 15.2. The topological polar surface area (TPSA) is 42.4 Å². The Morgan fingerprint density at radius 3 is 3.00 bits per heavy atom. The van der Waals surface area contributed by atoms with Gasteiger partial charge in [-0.2, -0.15) is 0 Å². The number of pyridine rings is 1. The number of nitrogens with zero attached hydrogens (tertiary/aromatic N) is 2. The summed E-state index contributed by atoms with van der Waals surface area (Å²) >= 11 is 1.71. The maximum absolute atomic E-state index is 13.3. The lowest BCUT2D eigenvalue weighted by Crippen LogP contribution is -2.36. The Morgan fingerprint density at radius 2 is 2.19 bits per heavy atom. The van der Waals surface area contributed by atoms with Gasteiger partial charge in [-0.3, -0.25) is 9.78 Å². The molecule has 0 spiro atoms. The van der Waals surface area contributed by atoms with E-state index in [1.165, 1.54) is 29.7 Å². The van der Waals surface area contributed by atoms with Crippen molar-refractivity contribution < 1.29 is 9.53 Å². The second-order valence-corrected chi connectivity index (χ2v) is 8.44. The first-order valence-electron chi connectivity index (χ1n) is 9.71. The zero-order valence-corrected chi connectivity index (χ0v) is 16.0. The third-order valence-corrected chi connectivity index (χ3v) is 6.51. The highest BCUT2D eigenvalue weighted by Gasteiger charge is 2.26. The molecule has 26 heavy (non-hydrogen) atoms. The fraction of sp³-hybridized carbons (Fsp3) is 0.524. The minimum atomic E-state index is 0.141. The molecule has 1 saturated heterocycles. The summed E-state index contributed by atoms with van der Waals surface area (Å²) in [6.07, 6.45) is 11.9. The Morgan fingerprint density at radius 1 is 1.27 bits per heavy atom. The summed E-state index contributed by atoms with van der Waals surface area (Å²) in [6, 6.07) is 6.11. The van der Waals surface area contributed by atoms with E-state index < -0.39 is 0 Å². The molecule has 1 fully saturated rings. The van der Waals surface area contributed by atoms with Crippen LogP contribution in [0.25, 0.3) is 0 Å². The number of carbonyl (C=O) groups excluding carboxylic acids is 1. The molecule has 0 radical (unpaired) electrons. The van der Waals surface area contributed by atoms with Gasteiger partial charge in [-0.05, 0) is 61.8 Å². The van der Waals surface area contributed by atoms with Crippen LogP contribution in [0.3, 0.4) is 0 Å². The van der Waals surface area contributed by atoms with E-state index in [2.05, 4.69) is 11.1 Å². The molecule has 1 amide bonds. The average molecular weight is 371 g/mol. The Balaban J connectivity index is 1.54. The first-order valence-corrected chi connectivity index (χ1v) is 10.5. The van der Waals surface area contributed by atoms with Gasteiger partial charge >= 0.3 is 0 Å². The first-order chi connectivity index (χ1) is 12.8. The maximum atomic E-state index is 13.3. The Kier molecular flexibility index (Phi) is 5.65. The van der Waals surface area contributed by atoms with Crippen LogP contribution in [0.5, 0.6) is 0 Å². The largest absolute Gasteiger partial charge is 0.376 e. The van der Waals surface area contributed by atoms with Crippen LogP contribution in [-0.4, -0.2) is 35.0 Å². The van der Waals surface area contributed by atoms with Crippen LogP contribution in [0.4, 0.5) is 0 Å². The zero-order chi connectivity index (χ0) is 17.8. The first kappa shape index (κ1) is 17.7. The smallest absolute Gasteiger partial charge is 0.264 e. The van der Waals surface area contributed by atoms with Crippen molar-refractivity contribution in [1.82, 2.24) is 9.88 Å². The summed E-state index contributed by atoms with van der Waals surface area (Å²) < 4.78 is 5.80. The second-order valence-electron chi connectivity index (χ2n) is 7.30. The van der Waals surface area contributed by atoms with E-state index in [4.69, 9.17) is 4.74 Å². The minimum absolute atomic E-state index is 0.141. The predicted molar refractivity (Wildman–Crippen MR) is 104 cm³/mol. The van der Waals surface area contributed by atoms with Crippen molar-refractivity contribution in [1.29, 1.82) is 0 Å². The van der Waals surface area contributed by atoms with E-state index in [1.54, 1.807) is 17.5 Å². The van der Waals surface area contributed by atoms with Crippen LogP contribution >= 0.6 is 11.3 Å². The van der Waals surface area contributed by atoms with Crippen molar-refractivity contribution in [2.45, 2.75) is 57.6 Å². The Bertz CT molecular complexity index is 714. The molecule has 0 bridgehead atoms. The van der Waals surface area contributed by atoms with Crippen LogP contribution in [0.1, 0.15) is 57.8 Å². The highest BCUT2D eigenvalue weighted by molar-refractivity contribution is 7.14. The van der Waals surface area contributed by atoms with Gasteiger partial charge in [0.2, 0.25) is 0 Å². The number of hydrogen-bond acceptors (Lipinski definition) is 4. The van der Waals surface area contributed by atoms with Gasteiger partial charge in [0.15, 0.2) is 0 Å². The van der Waals surface area contributed by atoms with Gasteiger partial charge in [-0.15, -0.1) is 11.3 Å². The van der Waals surface area contributed by atoms with Crippen molar-refractivity contribution in [3.63, 3.8) is 0 Å². The van der Waals surface area contributed by atoms with Gasteiger partial charge in [0.05, 0.1) is 11.0 Å². The van der Waals surface area contributed by atoms with Crippen LogP contribution in [0.2, 0.25) is 0 Å². The summed E-state index contributed by atoms with van der Waals surface area (Å²) in [5.74, 6) is 0.141. The van der Waals surface area contributed by atoms with Crippen molar-refractivity contribution in [2.24, 2.45) is 0 Å². The molecule has 1 atom stereocenters. The number of carbonyl (C=O) groups is 1. The number of hydrogen-bond donors (Lipinski definition) is 0. The van der Waals surface area contributed by atoms with E-state index in [0.717, 1.165) is 42.7 Å². The molecule has 0 N–H and O–H groups in total. The number of aromatic nitrogens is 1. The lowest BCUT2D eigenvalue weighted by Gasteiger charge is -2.25. The van der Waals surface area contributed by atoms with Gasteiger partial charge in [-0.25, -0.2) is 0 Å². The number of fused-ring (bicyclic) bond motifs is 1. The summed E-state index contributed by atoms with van der Waals surface area (Å²) in [5, 5.41) is 0. The number of ether oxygens (including phenoxy) is 1. The standard InChI is InChI=1S/C21H26N2O2S/c24-21(20-12-17-7-2-1-3-9-19(17)26-20)23(15-18-8-5-11-25-18)14-16-6-4-10-22-13-16/h4,6,10,12-13,18H,1-3,5,7-9,11,14-15H2/t18-/m0/s1. The van der Waals surface area contributed by atoms with Crippen molar-refractivity contribution in [3.8, 4) is 0 Å². The van der Waals surface area contributed by atoms with Gasteiger partial charge in [-0.1, -0.05) is 12.5 Å². The highest BCUT2D eigenvalue weighted by atomic mass is 32.1. The van der Waals surface area contributed by atoms with E-state index >= 15 is 0 Å². The number of rotatable bonds is 5. The lowest BCUT2D eigenvalue weighted by atomic mass is 10.1. The van der Waals surface area contributed by atoms with Crippen LogP contribution in [0.15, 0.2) is 30.6 Å². The van der Waals surface area contributed by atoms with Crippen molar-refractivity contribution in [2.75, 3.05) is 13.2 Å². The summed E-state index contributed by atoms with van der Waals surface area (Å²) in [5.41, 5.74) is 2.46. The molecular weight excluding hydrogens is 344 g/mol.